The number of ether oxygens (including phenoxy) is 2. The monoisotopic (exact) mass is 427 g/mol. The molecular formula is C29H33NO2. The zero-order valence-electron chi connectivity index (χ0n) is 19.0. The van der Waals surface area contributed by atoms with Crippen LogP contribution < -0.4 is 0 Å². The predicted octanol–water partition coefficient (Wildman–Crippen LogP) is 5.64. The number of fused-ring (bicyclic) bond motifs is 1. The Morgan fingerprint density at radius 1 is 0.812 bits per heavy atom. The van der Waals surface area contributed by atoms with Crippen molar-refractivity contribution in [1.82, 2.24) is 4.90 Å². The van der Waals surface area contributed by atoms with E-state index in [1.54, 1.807) is 0 Å². The highest BCUT2D eigenvalue weighted by atomic mass is 16.5. The second-order valence-electron chi connectivity index (χ2n) is 9.24. The highest BCUT2D eigenvalue weighted by molar-refractivity contribution is 5.47. The molecule has 3 heteroatoms. The molecule has 2 fully saturated rings. The van der Waals surface area contributed by atoms with Crippen LogP contribution in [0.2, 0.25) is 0 Å². The van der Waals surface area contributed by atoms with Gasteiger partial charge in [0.2, 0.25) is 0 Å². The minimum Gasteiger partial charge on any atom is -0.383 e. The summed E-state index contributed by atoms with van der Waals surface area (Å²) in [5.41, 5.74) is 2.97. The molecule has 3 nitrogen and oxygen atoms in total. The zero-order valence-corrected chi connectivity index (χ0v) is 19.0. The molecule has 2 atom stereocenters. The SMILES string of the molecule is COC[C@H]1CC[C@]2(COC(c3ccccc3)(c3ccccc3)c3ccccc3)CCCN12. The van der Waals surface area contributed by atoms with Crippen molar-refractivity contribution in [1.29, 1.82) is 0 Å². The molecule has 0 unspecified atom stereocenters. The molecule has 2 saturated heterocycles. The Morgan fingerprint density at radius 3 is 1.84 bits per heavy atom. The molecule has 0 aliphatic carbocycles. The van der Waals surface area contributed by atoms with Crippen LogP contribution >= 0.6 is 0 Å². The van der Waals surface area contributed by atoms with Crippen molar-refractivity contribution in [3.8, 4) is 0 Å². The molecule has 5 rings (SSSR count). The maximum absolute atomic E-state index is 7.22. The normalized spacial score (nSPS) is 23.3. The minimum atomic E-state index is -0.647. The summed E-state index contributed by atoms with van der Waals surface area (Å²) in [4.78, 5) is 2.68. The average Bonchev–Trinajstić information content (AvgIpc) is 3.42. The molecule has 0 aromatic heterocycles. The van der Waals surface area contributed by atoms with Gasteiger partial charge in [-0.15, -0.1) is 0 Å². The molecule has 32 heavy (non-hydrogen) atoms. The van der Waals surface area contributed by atoms with Crippen molar-refractivity contribution in [2.24, 2.45) is 0 Å². The lowest BCUT2D eigenvalue weighted by atomic mass is 9.79. The number of nitrogens with zero attached hydrogens (tertiary/aromatic N) is 1. The molecule has 0 saturated carbocycles. The van der Waals surface area contributed by atoms with Crippen LogP contribution in [0.15, 0.2) is 91.0 Å². The van der Waals surface area contributed by atoms with Crippen molar-refractivity contribution in [3.05, 3.63) is 108 Å². The van der Waals surface area contributed by atoms with Crippen LogP contribution in [-0.4, -0.2) is 43.3 Å². The third-order valence-corrected chi connectivity index (χ3v) is 7.49. The largest absolute Gasteiger partial charge is 0.383 e. The van der Waals surface area contributed by atoms with Crippen LogP contribution in [0.3, 0.4) is 0 Å². The molecule has 2 aliphatic heterocycles. The lowest BCUT2D eigenvalue weighted by Crippen LogP contribution is -2.49. The van der Waals surface area contributed by atoms with Gasteiger partial charge < -0.3 is 9.47 Å². The van der Waals surface area contributed by atoms with E-state index in [9.17, 15) is 0 Å². The maximum atomic E-state index is 7.22. The fourth-order valence-electron chi connectivity index (χ4n) is 5.99. The summed E-state index contributed by atoms with van der Waals surface area (Å²) in [5, 5.41) is 0. The molecule has 0 bridgehead atoms. The summed E-state index contributed by atoms with van der Waals surface area (Å²) in [5.74, 6) is 0. The van der Waals surface area contributed by atoms with Crippen molar-refractivity contribution < 1.29 is 9.47 Å². The van der Waals surface area contributed by atoms with Gasteiger partial charge in [-0.05, 0) is 48.9 Å². The summed E-state index contributed by atoms with van der Waals surface area (Å²) in [6.07, 6.45) is 4.79. The quantitative estimate of drug-likeness (QED) is 0.434. The van der Waals surface area contributed by atoms with Crippen LogP contribution in [0.1, 0.15) is 42.4 Å². The summed E-state index contributed by atoms with van der Waals surface area (Å²) in [7, 11) is 1.82. The Balaban J connectivity index is 1.58. The molecular weight excluding hydrogens is 394 g/mol. The fraction of sp³-hybridized carbons (Fsp3) is 0.379. The van der Waals surface area contributed by atoms with Gasteiger partial charge in [0.05, 0.1) is 13.2 Å². The van der Waals surface area contributed by atoms with Crippen LogP contribution in [0, 0.1) is 0 Å². The molecule has 0 spiro atoms. The van der Waals surface area contributed by atoms with Gasteiger partial charge in [0, 0.05) is 18.7 Å². The van der Waals surface area contributed by atoms with Crippen molar-refractivity contribution in [2.45, 2.75) is 42.9 Å². The average molecular weight is 428 g/mol. The number of methoxy groups -OCH3 is 1. The first-order valence-corrected chi connectivity index (χ1v) is 11.8. The summed E-state index contributed by atoms with van der Waals surface area (Å²) in [6.45, 7) is 2.67. The summed E-state index contributed by atoms with van der Waals surface area (Å²) < 4.78 is 12.8. The van der Waals surface area contributed by atoms with E-state index >= 15 is 0 Å². The lowest BCUT2D eigenvalue weighted by molar-refractivity contribution is -0.0504. The van der Waals surface area contributed by atoms with Gasteiger partial charge in [0.15, 0.2) is 0 Å². The van der Waals surface area contributed by atoms with E-state index in [0.29, 0.717) is 12.6 Å². The first-order chi connectivity index (χ1) is 15.8. The van der Waals surface area contributed by atoms with Gasteiger partial charge in [-0.2, -0.15) is 0 Å². The Labute approximate surface area is 192 Å². The van der Waals surface area contributed by atoms with Crippen molar-refractivity contribution in [2.75, 3.05) is 26.9 Å². The Hall–Kier alpha value is -2.46. The standard InChI is InChI=1S/C29H33NO2/c1-31-22-27-18-20-28(19-11-21-30(27)28)23-32-29(24-12-5-2-6-13-24,25-14-7-3-8-15-25)26-16-9-4-10-17-26/h2-10,12-17,27H,11,18-23H2,1H3/t27-,28+/m1/s1. The third kappa shape index (κ3) is 3.69. The Morgan fingerprint density at radius 2 is 1.34 bits per heavy atom. The van der Waals surface area contributed by atoms with E-state index in [0.717, 1.165) is 13.2 Å². The molecule has 3 aromatic rings. The second-order valence-corrected chi connectivity index (χ2v) is 9.24. The summed E-state index contributed by atoms with van der Waals surface area (Å²) in [6, 6.07) is 32.6. The van der Waals surface area contributed by atoms with Crippen LogP contribution in [0.5, 0.6) is 0 Å². The molecule has 0 radical (unpaired) electrons. The Kier molecular flexibility index (Phi) is 6.14. The van der Waals surface area contributed by atoms with Gasteiger partial charge in [-0.1, -0.05) is 91.0 Å². The highest BCUT2D eigenvalue weighted by Gasteiger charge is 2.51. The third-order valence-electron chi connectivity index (χ3n) is 7.49. The van der Waals surface area contributed by atoms with Crippen LogP contribution in [0.25, 0.3) is 0 Å². The highest BCUT2D eigenvalue weighted by Crippen LogP contribution is 2.46. The van der Waals surface area contributed by atoms with Gasteiger partial charge in [-0.25, -0.2) is 0 Å². The van der Waals surface area contributed by atoms with E-state index in [4.69, 9.17) is 9.47 Å². The number of hydrogen-bond donors (Lipinski definition) is 0. The lowest BCUT2D eigenvalue weighted by Gasteiger charge is -2.41. The Bertz CT molecular complexity index is 895. The first-order valence-electron chi connectivity index (χ1n) is 11.8. The van der Waals surface area contributed by atoms with Gasteiger partial charge >= 0.3 is 0 Å². The van der Waals surface area contributed by atoms with Crippen LogP contribution in [-0.2, 0) is 15.1 Å². The fourth-order valence-corrected chi connectivity index (χ4v) is 5.99. The first kappa shape index (κ1) is 21.4. The molecule has 2 heterocycles. The summed E-state index contributed by atoms with van der Waals surface area (Å²) >= 11 is 0. The van der Waals surface area contributed by atoms with Crippen molar-refractivity contribution in [3.63, 3.8) is 0 Å². The predicted molar refractivity (Wildman–Crippen MR) is 129 cm³/mol. The topological polar surface area (TPSA) is 21.7 Å². The second kappa shape index (κ2) is 9.19. The minimum absolute atomic E-state index is 0.104. The van der Waals surface area contributed by atoms with Crippen LogP contribution in [0.4, 0.5) is 0 Å². The van der Waals surface area contributed by atoms with E-state index < -0.39 is 5.60 Å². The molecule has 166 valence electrons. The molecule has 2 aliphatic rings. The zero-order chi connectivity index (χ0) is 21.9. The number of benzene rings is 3. The van der Waals surface area contributed by atoms with E-state index in [1.165, 1.54) is 42.4 Å². The number of hydrogen-bond acceptors (Lipinski definition) is 3. The number of rotatable bonds is 8. The van der Waals surface area contributed by atoms with Crippen molar-refractivity contribution >= 4 is 0 Å². The van der Waals surface area contributed by atoms with E-state index in [1.807, 2.05) is 7.11 Å². The smallest absolute Gasteiger partial charge is 0.143 e. The van der Waals surface area contributed by atoms with Gasteiger partial charge in [0.1, 0.15) is 5.60 Å². The van der Waals surface area contributed by atoms with Gasteiger partial charge in [-0.3, -0.25) is 4.90 Å². The van der Waals surface area contributed by atoms with E-state index in [2.05, 4.69) is 95.9 Å². The van der Waals surface area contributed by atoms with Gasteiger partial charge in [0.25, 0.3) is 0 Å². The van der Waals surface area contributed by atoms with E-state index in [-0.39, 0.29) is 5.54 Å². The molecule has 0 amide bonds. The maximum Gasteiger partial charge on any atom is 0.143 e. The molecule has 3 aromatic carbocycles. The molecule has 0 N–H and O–H groups in total.